The lowest BCUT2D eigenvalue weighted by Gasteiger charge is -2.30. The topological polar surface area (TPSA) is 29.5 Å². The average Bonchev–Trinajstić information content (AvgIpc) is 2.45. The van der Waals surface area contributed by atoms with Crippen LogP contribution >= 0.6 is 22.6 Å². The maximum absolute atomic E-state index is 12.4. The first-order chi connectivity index (χ1) is 10.3. The van der Waals surface area contributed by atoms with Crippen LogP contribution in [0.15, 0.2) is 18.2 Å². The van der Waals surface area contributed by atoms with Crippen LogP contribution in [0.3, 0.4) is 0 Å². The minimum atomic E-state index is -4.37. The molecule has 122 valence electrons. The van der Waals surface area contributed by atoms with Gasteiger partial charge in [0.1, 0.15) is 5.75 Å². The fourth-order valence-corrected chi connectivity index (χ4v) is 2.98. The van der Waals surface area contributed by atoms with Gasteiger partial charge in [0.15, 0.2) is 6.61 Å². The molecule has 0 bridgehead atoms. The number of carbonyl (C=O) groups excluding carboxylic acids is 1. The van der Waals surface area contributed by atoms with Gasteiger partial charge in [-0.1, -0.05) is 6.92 Å². The van der Waals surface area contributed by atoms with Crippen LogP contribution in [0.1, 0.15) is 30.1 Å². The Labute approximate surface area is 141 Å². The predicted molar refractivity (Wildman–Crippen MR) is 85.0 cm³/mol. The summed E-state index contributed by atoms with van der Waals surface area (Å²) in [6.45, 7) is 2.28. The smallest absolute Gasteiger partial charge is 0.422 e. The van der Waals surface area contributed by atoms with Crippen molar-refractivity contribution >= 4 is 28.5 Å². The zero-order chi connectivity index (χ0) is 16.3. The highest BCUT2D eigenvalue weighted by Crippen LogP contribution is 2.26. The molecule has 0 spiro atoms. The van der Waals surface area contributed by atoms with Gasteiger partial charge in [0.25, 0.3) is 5.91 Å². The second-order valence-electron chi connectivity index (χ2n) is 5.52. The van der Waals surface area contributed by atoms with E-state index in [0.29, 0.717) is 15.1 Å². The standard InChI is InChI=1S/C15H17F3INO2/c1-10-4-6-20(7-5-10)14(21)11-2-3-13(12(19)8-11)22-9-15(16,17)18/h2-3,8,10H,4-7,9H2,1H3. The van der Waals surface area contributed by atoms with Crippen molar-refractivity contribution in [2.75, 3.05) is 19.7 Å². The second-order valence-corrected chi connectivity index (χ2v) is 6.69. The van der Waals surface area contributed by atoms with Crippen LogP contribution < -0.4 is 4.74 Å². The molecule has 0 N–H and O–H groups in total. The Morgan fingerprint density at radius 1 is 1.36 bits per heavy atom. The van der Waals surface area contributed by atoms with Crippen molar-refractivity contribution in [3.8, 4) is 5.75 Å². The molecule has 1 aliphatic rings. The summed E-state index contributed by atoms with van der Waals surface area (Å²) >= 11 is 1.88. The van der Waals surface area contributed by atoms with Crippen molar-refractivity contribution in [3.63, 3.8) is 0 Å². The fraction of sp³-hybridized carbons (Fsp3) is 0.533. The number of amides is 1. The van der Waals surface area contributed by atoms with E-state index in [1.165, 1.54) is 12.1 Å². The van der Waals surface area contributed by atoms with E-state index in [1.807, 2.05) is 22.6 Å². The number of likely N-dealkylation sites (tertiary alicyclic amines) is 1. The number of carbonyl (C=O) groups is 1. The van der Waals surface area contributed by atoms with E-state index in [4.69, 9.17) is 4.74 Å². The molecule has 0 aromatic heterocycles. The second kappa shape index (κ2) is 7.06. The lowest BCUT2D eigenvalue weighted by Crippen LogP contribution is -2.37. The molecule has 1 aliphatic heterocycles. The molecule has 1 fully saturated rings. The molecule has 0 saturated carbocycles. The molecule has 7 heteroatoms. The summed E-state index contributed by atoms with van der Waals surface area (Å²) in [5.41, 5.74) is 0.485. The number of halogens is 4. The Hall–Kier alpha value is -0.990. The summed E-state index contributed by atoms with van der Waals surface area (Å²) in [4.78, 5) is 14.2. The van der Waals surface area contributed by atoms with Crippen LogP contribution in [0, 0.1) is 9.49 Å². The number of nitrogens with zero attached hydrogens (tertiary/aromatic N) is 1. The number of ether oxygens (including phenoxy) is 1. The first-order valence-electron chi connectivity index (χ1n) is 7.04. The van der Waals surface area contributed by atoms with Gasteiger partial charge in [-0.2, -0.15) is 13.2 Å². The Kier molecular flexibility index (Phi) is 5.57. The highest BCUT2D eigenvalue weighted by atomic mass is 127. The Morgan fingerprint density at radius 2 is 2.00 bits per heavy atom. The van der Waals surface area contributed by atoms with Crippen LogP contribution in [-0.4, -0.2) is 36.7 Å². The summed E-state index contributed by atoms with van der Waals surface area (Å²) in [5, 5.41) is 0. The Balaban J connectivity index is 2.03. The first kappa shape index (κ1) is 17.4. The van der Waals surface area contributed by atoms with Crippen molar-refractivity contribution in [2.24, 2.45) is 5.92 Å². The minimum absolute atomic E-state index is 0.0767. The summed E-state index contributed by atoms with van der Waals surface area (Å²) < 4.78 is 41.7. The first-order valence-corrected chi connectivity index (χ1v) is 8.12. The zero-order valence-electron chi connectivity index (χ0n) is 12.1. The number of rotatable bonds is 3. The maximum Gasteiger partial charge on any atom is 0.422 e. The largest absolute Gasteiger partial charge is 0.483 e. The monoisotopic (exact) mass is 427 g/mol. The van der Waals surface area contributed by atoms with Gasteiger partial charge in [-0.05, 0) is 59.5 Å². The number of piperidine rings is 1. The summed E-state index contributed by atoms with van der Waals surface area (Å²) in [6, 6.07) is 4.52. The summed E-state index contributed by atoms with van der Waals surface area (Å²) in [7, 11) is 0. The molecule has 2 rings (SSSR count). The molecule has 0 radical (unpaired) electrons. The average molecular weight is 427 g/mol. The lowest BCUT2D eigenvalue weighted by atomic mass is 9.98. The summed E-state index contributed by atoms with van der Waals surface area (Å²) in [5.74, 6) is 0.691. The molecule has 0 unspecified atom stereocenters. The van der Waals surface area contributed by atoms with Crippen molar-refractivity contribution in [1.82, 2.24) is 4.90 Å². The number of alkyl halides is 3. The van der Waals surface area contributed by atoms with E-state index in [1.54, 1.807) is 11.0 Å². The number of benzene rings is 1. The van der Waals surface area contributed by atoms with Crippen LogP contribution in [-0.2, 0) is 0 Å². The van der Waals surface area contributed by atoms with E-state index in [2.05, 4.69) is 6.92 Å². The SMILES string of the molecule is CC1CCN(C(=O)c2ccc(OCC(F)(F)F)c(I)c2)CC1. The molecule has 0 aliphatic carbocycles. The van der Waals surface area contributed by atoms with Gasteiger partial charge >= 0.3 is 6.18 Å². The van der Waals surface area contributed by atoms with Crippen LogP contribution in [0.2, 0.25) is 0 Å². The Bertz CT molecular complexity index is 540. The van der Waals surface area contributed by atoms with Crippen molar-refractivity contribution in [1.29, 1.82) is 0 Å². The van der Waals surface area contributed by atoms with Crippen molar-refractivity contribution in [2.45, 2.75) is 25.9 Å². The van der Waals surface area contributed by atoms with Gasteiger partial charge in [-0.25, -0.2) is 0 Å². The third-order valence-electron chi connectivity index (χ3n) is 3.64. The summed E-state index contributed by atoms with van der Waals surface area (Å²) in [6.07, 6.45) is -2.41. The van der Waals surface area contributed by atoms with Crippen LogP contribution in [0.5, 0.6) is 5.75 Å². The quantitative estimate of drug-likeness (QED) is 0.680. The normalized spacial score (nSPS) is 16.7. The third-order valence-corrected chi connectivity index (χ3v) is 4.48. The van der Waals surface area contributed by atoms with Gasteiger partial charge in [0.05, 0.1) is 3.57 Å². The maximum atomic E-state index is 12.4. The van der Waals surface area contributed by atoms with Crippen LogP contribution in [0.25, 0.3) is 0 Å². The molecule has 0 atom stereocenters. The highest BCUT2D eigenvalue weighted by molar-refractivity contribution is 14.1. The van der Waals surface area contributed by atoms with Crippen LogP contribution in [0.4, 0.5) is 13.2 Å². The van der Waals surface area contributed by atoms with Crippen molar-refractivity contribution in [3.05, 3.63) is 27.3 Å². The number of hydrogen-bond donors (Lipinski definition) is 0. The van der Waals surface area contributed by atoms with E-state index in [-0.39, 0.29) is 11.7 Å². The zero-order valence-corrected chi connectivity index (χ0v) is 14.3. The van der Waals surface area contributed by atoms with Gasteiger partial charge < -0.3 is 9.64 Å². The molecule has 1 amide bonds. The van der Waals surface area contributed by atoms with E-state index >= 15 is 0 Å². The van der Waals surface area contributed by atoms with E-state index < -0.39 is 12.8 Å². The molecule has 1 heterocycles. The van der Waals surface area contributed by atoms with Gasteiger partial charge in [0.2, 0.25) is 0 Å². The van der Waals surface area contributed by atoms with Gasteiger partial charge in [-0.15, -0.1) is 0 Å². The molecule has 1 saturated heterocycles. The highest BCUT2D eigenvalue weighted by Gasteiger charge is 2.29. The van der Waals surface area contributed by atoms with Gasteiger partial charge in [0, 0.05) is 18.7 Å². The minimum Gasteiger partial charge on any atom is -0.483 e. The molecule has 3 nitrogen and oxygen atoms in total. The molecule has 1 aromatic rings. The van der Waals surface area contributed by atoms with Gasteiger partial charge in [-0.3, -0.25) is 4.79 Å². The predicted octanol–water partition coefficient (Wildman–Crippen LogP) is 4.10. The molecular weight excluding hydrogens is 410 g/mol. The van der Waals surface area contributed by atoms with E-state index in [0.717, 1.165) is 25.9 Å². The molecule has 1 aromatic carbocycles. The fourth-order valence-electron chi connectivity index (χ4n) is 2.30. The lowest BCUT2D eigenvalue weighted by molar-refractivity contribution is -0.153. The Morgan fingerprint density at radius 3 is 2.55 bits per heavy atom. The molecule has 22 heavy (non-hydrogen) atoms. The van der Waals surface area contributed by atoms with E-state index in [9.17, 15) is 18.0 Å². The van der Waals surface area contributed by atoms with Crippen molar-refractivity contribution < 1.29 is 22.7 Å². The molecular formula is C15H17F3INO2. The third kappa shape index (κ3) is 4.76. The number of hydrogen-bond acceptors (Lipinski definition) is 2.